The number of hydrogen-bond acceptors (Lipinski definition) is 1. The Labute approximate surface area is 74.1 Å². The standard InChI is InChI=1S/C11H16O/c1-8-6-9-4-5-12-10(9)11(2,3)7-8/h6,10H,1,4-5,7H2,2-3H3. The van der Waals surface area contributed by atoms with Gasteiger partial charge < -0.3 is 4.74 Å². The van der Waals surface area contributed by atoms with Crippen LogP contribution in [0.3, 0.4) is 0 Å². The number of fused-ring (bicyclic) bond motifs is 1. The molecule has 1 aliphatic carbocycles. The molecule has 1 fully saturated rings. The molecule has 1 heterocycles. The van der Waals surface area contributed by atoms with Gasteiger partial charge in [-0.25, -0.2) is 0 Å². The van der Waals surface area contributed by atoms with Gasteiger partial charge in [-0.2, -0.15) is 0 Å². The first kappa shape index (κ1) is 8.06. The molecule has 0 N–H and O–H groups in total. The summed E-state index contributed by atoms with van der Waals surface area (Å²) in [6.07, 6.45) is 4.76. The Morgan fingerprint density at radius 1 is 1.58 bits per heavy atom. The van der Waals surface area contributed by atoms with Crippen LogP contribution in [0, 0.1) is 5.41 Å². The van der Waals surface area contributed by atoms with Crippen LogP contribution in [0.25, 0.3) is 0 Å². The van der Waals surface area contributed by atoms with Crippen LogP contribution >= 0.6 is 0 Å². The van der Waals surface area contributed by atoms with Crippen LogP contribution in [-0.4, -0.2) is 12.7 Å². The zero-order valence-corrected chi connectivity index (χ0v) is 7.89. The minimum Gasteiger partial charge on any atom is -0.373 e. The average molecular weight is 164 g/mol. The van der Waals surface area contributed by atoms with Crippen molar-refractivity contribution >= 4 is 0 Å². The molecular weight excluding hydrogens is 148 g/mol. The van der Waals surface area contributed by atoms with Crippen molar-refractivity contribution in [3.8, 4) is 0 Å². The first-order chi connectivity index (χ1) is 5.59. The van der Waals surface area contributed by atoms with E-state index in [1.165, 1.54) is 11.1 Å². The van der Waals surface area contributed by atoms with E-state index in [4.69, 9.17) is 4.74 Å². The fourth-order valence-electron chi connectivity index (χ4n) is 2.40. The molecule has 12 heavy (non-hydrogen) atoms. The Morgan fingerprint density at radius 3 is 3.08 bits per heavy atom. The van der Waals surface area contributed by atoms with Crippen LogP contribution in [0.4, 0.5) is 0 Å². The molecule has 2 rings (SSSR count). The SMILES string of the molecule is C=C1C=C2CCOC2C(C)(C)C1. The molecule has 66 valence electrons. The predicted octanol–water partition coefficient (Wildman–Crippen LogP) is 2.69. The molecule has 1 unspecified atom stereocenters. The van der Waals surface area contributed by atoms with Gasteiger partial charge in [0.2, 0.25) is 0 Å². The lowest BCUT2D eigenvalue weighted by Crippen LogP contribution is -2.32. The van der Waals surface area contributed by atoms with Crippen molar-refractivity contribution in [3.05, 3.63) is 23.8 Å². The van der Waals surface area contributed by atoms with E-state index in [2.05, 4.69) is 26.5 Å². The molecule has 0 spiro atoms. The molecule has 1 heteroatoms. The van der Waals surface area contributed by atoms with E-state index < -0.39 is 0 Å². The molecule has 0 aromatic heterocycles. The van der Waals surface area contributed by atoms with E-state index in [0.717, 1.165) is 19.4 Å². The van der Waals surface area contributed by atoms with E-state index in [1.807, 2.05) is 0 Å². The second kappa shape index (κ2) is 2.46. The Kier molecular flexibility index (Phi) is 1.65. The van der Waals surface area contributed by atoms with Gasteiger partial charge in [0.25, 0.3) is 0 Å². The van der Waals surface area contributed by atoms with Crippen LogP contribution in [0.2, 0.25) is 0 Å². The molecular formula is C11H16O. The minimum absolute atomic E-state index is 0.262. The quantitative estimate of drug-likeness (QED) is 0.535. The molecule has 1 aliphatic heterocycles. The van der Waals surface area contributed by atoms with Gasteiger partial charge in [-0.1, -0.05) is 32.1 Å². The highest BCUT2D eigenvalue weighted by Crippen LogP contribution is 2.43. The number of rotatable bonds is 0. The first-order valence-electron chi connectivity index (χ1n) is 4.59. The molecule has 0 saturated carbocycles. The smallest absolute Gasteiger partial charge is 0.0843 e. The van der Waals surface area contributed by atoms with Crippen molar-refractivity contribution in [2.24, 2.45) is 5.41 Å². The maximum absolute atomic E-state index is 5.71. The zero-order chi connectivity index (χ0) is 8.77. The van der Waals surface area contributed by atoms with Crippen molar-refractivity contribution in [1.82, 2.24) is 0 Å². The van der Waals surface area contributed by atoms with Gasteiger partial charge in [-0.3, -0.25) is 0 Å². The lowest BCUT2D eigenvalue weighted by atomic mass is 9.73. The summed E-state index contributed by atoms with van der Waals surface area (Å²) in [5.41, 5.74) is 2.98. The van der Waals surface area contributed by atoms with Crippen LogP contribution in [-0.2, 0) is 4.74 Å². The van der Waals surface area contributed by atoms with Crippen molar-refractivity contribution in [3.63, 3.8) is 0 Å². The number of allylic oxidation sites excluding steroid dienone is 2. The third-order valence-electron chi connectivity index (χ3n) is 2.79. The normalized spacial score (nSPS) is 33.0. The fraction of sp³-hybridized carbons (Fsp3) is 0.636. The van der Waals surface area contributed by atoms with Crippen molar-refractivity contribution in [2.45, 2.75) is 32.8 Å². The van der Waals surface area contributed by atoms with Crippen LogP contribution in [0.1, 0.15) is 26.7 Å². The maximum atomic E-state index is 5.71. The highest BCUT2D eigenvalue weighted by atomic mass is 16.5. The van der Waals surface area contributed by atoms with E-state index >= 15 is 0 Å². The van der Waals surface area contributed by atoms with Gasteiger partial charge in [0.05, 0.1) is 12.7 Å². The maximum Gasteiger partial charge on any atom is 0.0843 e. The zero-order valence-electron chi connectivity index (χ0n) is 7.89. The third kappa shape index (κ3) is 1.13. The third-order valence-corrected chi connectivity index (χ3v) is 2.79. The molecule has 1 nitrogen and oxygen atoms in total. The van der Waals surface area contributed by atoms with Crippen LogP contribution in [0.15, 0.2) is 23.8 Å². The Balaban J connectivity index is 2.35. The molecule has 2 aliphatic rings. The summed E-state index contributed by atoms with van der Waals surface area (Å²) in [7, 11) is 0. The van der Waals surface area contributed by atoms with Gasteiger partial charge in [0, 0.05) is 0 Å². The lowest BCUT2D eigenvalue weighted by Gasteiger charge is -2.35. The molecule has 0 bridgehead atoms. The summed E-state index contributed by atoms with van der Waals surface area (Å²) >= 11 is 0. The second-order valence-electron chi connectivity index (χ2n) is 4.54. The van der Waals surface area contributed by atoms with Gasteiger partial charge in [0.15, 0.2) is 0 Å². The summed E-state index contributed by atoms with van der Waals surface area (Å²) in [6, 6.07) is 0. The summed E-state index contributed by atoms with van der Waals surface area (Å²) in [6.45, 7) is 9.46. The molecule has 0 radical (unpaired) electrons. The van der Waals surface area contributed by atoms with E-state index in [0.29, 0.717) is 6.10 Å². The van der Waals surface area contributed by atoms with E-state index in [9.17, 15) is 0 Å². The summed E-state index contributed by atoms with van der Waals surface area (Å²) in [5.74, 6) is 0. The van der Waals surface area contributed by atoms with E-state index in [1.54, 1.807) is 0 Å². The van der Waals surface area contributed by atoms with Gasteiger partial charge in [0.1, 0.15) is 0 Å². The first-order valence-corrected chi connectivity index (χ1v) is 4.59. The van der Waals surface area contributed by atoms with Gasteiger partial charge in [-0.15, -0.1) is 0 Å². The van der Waals surface area contributed by atoms with Crippen molar-refractivity contribution in [2.75, 3.05) is 6.61 Å². The average Bonchev–Trinajstić information content (AvgIpc) is 2.32. The highest BCUT2D eigenvalue weighted by molar-refractivity contribution is 5.32. The topological polar surface area (TPSA) is 9.23 Å². The predicted molar refractivity (Wildman–Crippen MR) is 50.0 cm³/mol. The molecule has 1 saturated heterocycles. The van der Waals surface area contributed by atoms with Gasteiger partial charge >= 0.3 is 0 Å². The second-order valence-corrected chi connectivity index (χ2v) is 4.54. The van der Waals surface area contributed by atoms with Crippen molar-refractivity contribution < 1.29 is 4.74 Å². The van der Waals surface area contributed by atoms with Gasteiger partial charge in [-0.05, 0) is 23.8 Å². The number of hydrogen-bond donors (Lipinski definition) is 0. The Hall–Kier alpha value is -0.560. The summed E-state index contributed by atoms with van der Waals surface area (Å²) in [4.78, 5) is 0. The molecule has 0 amide bonds. The summed E-state index contributed by atoms with van der Waals surface area (Å²) in [5, 5.41) is 0. The monoisotopic (exact) mass is 164 g/mol. The summed E-state index contributed by atoms with van der Waals surface area (Å²) < 4.78 is 5.71. The minimum atomic E-state index is 0.262. The number of ether oxygens (including phenoxy) is 1. The lowest BCUT2D eigenvalue weighted by molar-refractivity contribution is 0.0332. The van der Waals surface area contributed by atoms with Crippen molar-refractivity contribution in [1.29, 1.82) is 0 Å². The van der Waals surface area contributed by atoms with Crippen LogP contribution < -0.4 is 0 Å². The largest absolute Gasteiger partial charge is 0.373 e. The fourth-order valence-corrected chi connectivity index (χ4v) is 2.40. The molecule has 1 atom stereocenters. The Morgan fingerprint density at radius 2 is 2.33 bits per heavy atom. The molecule has 0 aromatic rings. The highest BCUT2D eigenvalue weighted by Gasteiger charge is 2.39. The van der Waals surface area contributed by atoms with Crippen LogP contribution in [0.5, 0.6) is 0 Å². The Bertz CT molecular complexity index is 248. The van der Waals surface area contributed by atoms with E-state index in [-0.39, 0.29) is 5.41 Å². The molecule has 0 aromatic carbocycles.